The van der Waals surface area contributed by atoms with Crippen LogP contribution in [0.25, 0.3) is 0 Å². The van der Waals surface area contributed by atoms with Gasteiger partial charge in [-0.3, -0.25) is 0 Å². The minimum absolute atomic E-state index is 0.00935. The first-order valence-corrected chi connectivity index (χ1v) is 4.88. The SMILES string of the molecule is CC(C)C1CCCCC(O)C1. The minimum atomic E-state index is -0.00935. The summed E-state index contributed by atoms with van der Waals surface area (Å²) in [7, 11) is 0. The molecule has 0 radical (unpaired) electrons. The van der Waals surface area contributed by atoms with Crippen molar-refractivity contribution in [3.05, 3.63) is 0 Å². The van der Waals surface area contributed by atoms with E-state index in [1.165, 1.54) is 19.3 Å². The second kappa shape index (κ2) is 4.10. The molecule has 0 amide bonds. The van der Waals surface area contributed by atoms with Gasteiger partial charge < -0.3 is 5.11 Å². The highest BCUT2D eigenvalue weighted by molar-refractivity contribution is 4.72. The average Bonchev–Trinajstić information content (AvgIpc) is 2.13. The van der Waals surface area contributed by atoms with Crippen molar-refractivity contribution in [2.24, 2.45) is 11.8 Å². The van der Waals surface area contributed by atoms with E-state index in [9.17, 15) is 5.11 Å². The molecule has 0 spiro atoms. The molecule has 2 unspecified atom stereocenters. The molecular weight excluding hydrogens is 136 g/mol. The zero-order valence-corrected chi connectivity index (χ0v) is 7.71. The molecule has 1 N–H and O–H groups in total. The topological polar surface area (TPSA) is 20.2 Å². The van der Waals surface area contributed by atoms with E-state index < -0.39 is 0 Å². The van der Waals surface area contributed by atoms with Crippen molar-refractivity contribution in [3.63, 3.8) is 0 Å². The highest BCUT2D eigenvalue weighted by atomic mass is 16.3. The van der Waals surface area contributed by atoms with Crippen LogP contribution in [0.1, 0.15) is 46.0 Å². The van der Waals surface area contributed by atoms with Crippen molar-refractivity contribution in [2.45, 2.75) is 52.1 Å². The van der Waals surface area contributed by atoms with E-state index in [-0.39, 0.29) is 6.10 Å². The van der Waals surface area contributed by atoms with Crippen LogP contribution in [0, 0.1) is 11.8 Å². The zero-order valence-electron chi connectivity index (χ0n) is 7.71. The smallest absolute Gasteiger partial charge is 0.0543 e. The summed E-state index contributed by atoms with van der Waals surface area (Å²) in [5, 5.41) is 9.51. The normalized spacial score (nSPS) is 33.8. The van der Waals surface area contributed by atoms with Crippen molar-refractivity contribution in [1.82, 2.24) is 0 Å². The lowest BCUT2D eigenvalue weighted by Crippen LogP contribution is -2.14. The van der Waals surface area contributed by atoms with Crippen molar-refractivity contribution < 1.29 is 5.11 Å². The highest BCUT2D eigenvalue weighted by Crippen LogP contribution is 2.28. The molecule has 1 rings (SSSR count). The van der Waals surface area contributed by atoms with Crippen LogP contribution in [-0.4, -0.2) is 11.2 Å². The molecule has 0 aromatic rings. The van der Waals surface area contributed by atoms with Crippen molar-refractivity contribution in [1.29, 1.82) is 0 Å². The van der Waals surface area contributed by atoms with E-state index in [2.05, 4.69) is 13.8 Å². The van der Waals surface area contributed by atoms with Crippen LogP contribution in [0.15, 0.2) is 0 Å². The Morgan fingerprint density at radius 1 is 1.18 bits per heavy atom. The Balaban J connectivity index is 2.39. The van der Waals surface area contributed by atoms with Gasteiger partial charge in [0.15, 0.2) is 0 Å². The first-order valence-electron chi connectivity index (χ1n) is 4.88. The molecule has 1 heteroatoms. The van der Waals surface area contributed by atoms with Crippen LogP contribution in [0.2, 0.25) is 0 Å². The standard InChI is InChI=1S/C10H20O/c1-8(2)9-5-3-4-6-10(11)7-9/h8-11H,3-7H2,1-2H3. The van der Waals surface area contributed by atoms with Crippen LogP contribution >= 0.6 is 0 Å². The number of hydrogen-bond acceptors (Lipinski definition) is 1. The van der Waals surface area contributed by atoms with Gasteiger partial charge in [-0.25, -0.2) is 0 Å². The number of hydrogen-bond donors (Lipinski definition) is 1. The highest BCUT2D eigenvalue weighted by Gasteiger charge is 2.20. The van der Waals surface area contributed by atoms with E-state index >= 15 is 0 Å². The lowest BCUT2D eigenvalue weighted by molar-refractivity contribution is 0.130. The monoisotopic (exact) mass is 156 g/mol. The number of aliphatic hydroxyl groups excluding tert-OH is 1. The van der Waals surface area contributed by atoms with Crippen molar-refractivity contribution >= 4 is 0 Å². The minimum Gasteiger partial charge on any atom is -0.393 e. The van der Waals surface area contributed by atoms with Gasteiger partial charge in [0, 0.05) is 0 Å². The molecule has 0 aliphatic heterocycles. The second-order valence-corrected chi connectivity index (χ2v) is 4.18. The lowest BCUT2D eigenvalue weighted by atomic mass is 9.88. The van der Waals surface area contributed by atoms with Gasteiger partial charge in [-0.05, 0) is 24.7 Å². The summed E-state index contributed by atoms with van der Waals surface area (Å²) in [6.07, 6.45) is 5.94. The van der Waals surface area contributed by atoms with E-state index in [1.807, 2.05) is 0 Å². The zero-order chi connectivity index (χ0) is 8.27. The summed E-state index contributed by atoms with van der Waals surface area (Å²) >= 11 is 0. The molecule has 1 aliphatic rings. The Hall–Kier alpha value is -0.0400. The Morgan fingerprint density at radius 2 is 1.82 bits per heavy atom. The Bertz CT molecular complexity index is 109. The van der Waals surface area contributed by atoms with Crippen LogP contribution in [0.5, 0.6) is 0 Å². The van der Waals surface area contributed by atoms with Gasteiger partial charge in [-0.15, -0.1) is 0 Å². The van der Waals surface area contributed by atoms with Gasteiger partial charge >= 0.3 is 0 Å². The molecular formula is C10H20O. The largest absolute Gasteiger partial charge is 0.393 e. The maximum atomic E-state index is 9.51. The third-order valence-corrected chi connectivity index (χ3v) is 2.88. The fraction of sp³-hybridized carbons (Fsp3) is 1.00. The molecule has 66 valence electrons. The van der Waals surface area contributed by atoms with Crippen molar-refractivity contribution in [2.75, 3.05) is 0 Å². The summed E-state index contributed by atoms with van der Waals surface area (Å²) in [4.78, 5) is 0. The van der Waals surface area contributed by atoms with E-state index in [0.717, 1.165) is 24.7 Å². The van der Waals surface area contributed by atoms with E-state index in [0.29, 0.717) is 0 Å². The van der Waals surface area contributed by atoms with Crippen LogP contribution in [-0.2, 0) is 0 Å². The Kier molecular flexibility index (Phi) is 3.38. The average molecular weight is 156 g/mol. The molecule has 1 fully saturated rings. The Labute approximate surface area is 69.8 Å². The van der Waals surface area contributed by atoms with Gasteiger partial charge in [-0.2, -0.15) is 0 Å². The van der Waals surface area contributed by atoms with Crippen molar-refractivity contribution in [3.8, 4) is 0 Å². The Morgan fingerprint density at radius 3 is 2.45 bits per heavy atom. The summed E-state index contributed by atoms with van der Waals surface area (Å²) in [5.74, 6) is 1.52. The van der Waals surface area contributed by atoms with Crippen LogP contribution in [0.4, 0.5) is 0 Å². The summed E-state index contributed by atoms with van der Waals surface area (Å²) in [5.41, 5.74) is 0. The third kappa shape index (κ3) is 2.82. The molecule has 11 heavy (non-hydrogen) atoms. The van der Waals surface area contributed by atoms with Gasteiger partial charge in [0.25, 0.3) is 0 Å². The second-order valence-electron chi connectivity index (χ2n) is 4.18. The summed E-state index contributed by atoms with van der Waals surface area (Å²) in [6.45, 7) is 4.53. The number of aliphatic hydroxyl groups is 1. The molecule has 0 heterocycles. The molecule has 1 saturated carbocycles. The van der Waals surface area contributed by atoms with Gasteiger partial charge in [0.2, 0.25) is 0 Å². The quantitative estimate of drug-likeness (QED) is 0.578. The summed E-state index contributed by atoms with van der Waals surface area (Å²) in [6, 6.07) is 0. The third-order valence-electron chi connectivity index (χ3n) is 2.88. The van der Waals surface area contributed by atoms with E-state index in [4.69, 9.17) is 0 Å². The van der Waals surface area contributed by atoms with Gasteiger partial charge in [-0.1, -0.05) is 33.1 Å². The first-order chi connectivity index (χ1) is 5.20. The molecule has 0 bridgehead atoms. The maximum Gasteiger partial charge on any atom is 0.0543 e. The van der Waals surface area contributed by atoms with Crippen LogP contribution < -0.4 is 0 Å². The summed E-state index contributed by atoms with van der Waals surface area (Å²) < 4.78 is 0. The molecule has 1 nitrogen and oxygen atoms in total. The predicted octanol–water partition coefficient (Wildman–Crippen LogP) is 2.58. The predicted molar refractivity (Wildman–Crippen MR) is 47.4 cm³/mol. The lowest BCUT2D eigenvalue weighted by Gasteiger charge is -2.19. The molecule has 1 aliphatic carbocycles. The fourth-order valence-electron chi connectivity index (χ4n) is 1.98. The van der Waals surface area contributed by atoms with Gasteiger partial charge in [0.1, 0.15) is 0 Å². The molecule has 0 saturated heterocycles. The number of rotatable bonds is 1. The molecule has 2 atom stereocenters. The molecule has 0 aromatic carbocycles. The van der Waals surface area contributed by atoms with E-state index in [1.54, 1.807) is 0 Å². The fourth-order valence-corrected chi connectivity index (χ4v) is 1.98. The maximum absolute atomic E-state index is 9.51. The van der Waals surface area contributed by atoms with Gasteiger partial charge in [0.05, 0.1) is 6.10 Å². The first kappa shape index (κ1) is 9.05. The molecule has 0 aromatic heterocycles. The van der Waals surface area contributed by atoms with Crippen LogP contribution in [0.3, 0.4) is 0 Å².